The Morgan fingerprint density at radius 2 is 2.30 bits per heavy atom. The van der Waals surface area contributed by atoms with Gasteiger partial charge >= 0.3 is 6.03 Å². The van der Waals surface area contributed by atoms with E-state index >= 15 is 0 Å². The van der Waals surface area contributed by atoms with E-state index < -0.39 is 0 Å². The zero-order valence-electron chi connectivity index (χ0n) is 14.7. The van der Waals surface area contributed by atoms with E-state index in [9.17, 15) is 4.79 Å². The summed E-state index contributed by atoms with van der Waals surface area (Å²) in [6.07, 6.45) is 3.04. The van der Waals surface area contributed by atoms with Crippen molar-refractivity contribution in [1.29, 1.82) is 0 Å². The standard InChI is InChI=1S/C17H29N3O2S/c1-5-22-13-7-6-10-20(11-13)16(21)18-9-8-15-19-14(12-23-15)17(2,3)4/h12-13H,5-11H2,1-4H3,(H,18,21)/t13-/m1/s1. The number of urea groups is 1. The highest BCUT2D eigenvalue weighted by molar-refractivity contribution is 7.09. The van der Waals surface area contributed by atoms with Crippen LogP contribution in [0, 0.1) is 0 Å². The molecule has 0 spiro atoms. The van der Waals surface area contributed by atoms with Gasteiger partial charge in [-0.3, -0.25) is 0 Å². The van der Waals surface area contributed by atoms with Crippen LogP contribution in [0.5, 0.6) is 0 Å². The fourth-order valence-electron chi connectivity index (χ4n) is 2.65. The number of hydrogen-bond donors (Lipinski definition) is 1. The number of piperidine rings is 1. The molecule has 23 heavy (non-hydrogen) atoms. The molecule has 1 saturated heterocycles. The van der Waals surface area contributed by atoms with Gasteiger partial charge in [-0.05, 0) is 19.8 Å². The van der Waals surface area contributed by atoms with Gasteiger partial charge in [-0.1, -0.05) is 20.8 Å². The van der Waals surface area contributed by atoms with E-state index in [1.807, 2.05) is 11.8 Å². The molecule has 5 nitrogen and oxygen atoms in total. The zero-order chi connectivity index (χ0) is 16.9. The summed E-state index contributed by atoms with van der Waals surface area (Å²) in [4.78, 5) is 18.8. The molecule has 0 bridgehead atoms. The highest BCUT2D eigenvalue weighted by atomic mass is 32.1. The number of nitrogens with zero attached hydrogens (tertiary/aromatic N) is 2. The summed E-state index contributed by atoms with van der Waals surface area (Å²) in [5, 5.41) is 6.21. The van der Waals surface area contributed by atoms with E-state index in [1.165, 1.54) is 0 Å². The molecule has 1 N–H and O–H groups in total. The van der Waals surface area contributed by atoms with Crippen LogP contribution in [0.4, 0.5) is 4.79 Å². The molecule has 1 aromatic rings. The summed E-state index contributed by atoms with van der Waals surface area (Å²) < 4.78 is 5.64. The first kappa shape index (κ1) is 18.2. The predicted molar refractivity (Wildman–Crippen MR) is 94.1 cm³/mol. The smallest absolute Gasteiger partial charge is 0.317 e. The van der Waals surface area contributed by atoms with Gasteiger partial charge in [0.05, 0.1) is 16.8 Å². The van der Waals surface area contributed by atoms with Gasteiger partial charge in [0.1, 0.15) is 0 Å². The monoisotopic (exact) mass is 339 g/mol. The fraction of sp³-hybridized carbons (Fsp3) is 0.765. The van der Waals surface area contributed by atoms with Crippen molar-refractivity contribution in [3.05, 3.63) is 16.1 Å². The van der Waals surface area contributed by atoms with Crippen LogP contribution in [0.3, 0.4) is 0 Å². The third-order valence-electron chi connectivity index (χ3n) is 4.00. The van der Waals surface area contributed by atoms with E-state index in [2.05, 4.69) is 36.5 Å². The lowest BCUT2D eigenvalue weighted by Gasteiger charge is -2.32. The molecule has 6 heteroatoms. The molecule has 1 aromatic heterocycles. The van der Waals surface area contributed by atoms with Crippen LogP contribution in [-0.4, -0.2) is 48.3 Å². The number of carbonyl (C=O) groups excluding carboxylic acids is 1. The van der Waals surface area contributed by atoms with Crippen molar-refractivity contribution >= 4 is 17.4 Å². The van der Waals surface area contributed by atoms with Gasteiger partial charge < -0.3 is 15.0 Å². The Balaban J connectivity index is 1.75. The maximum Gasteiger partial charge on any atom is 0.317 e. The molecule has 2 heterocycles. The topological polar surface area (TPSA) is 54.5 Å². The second kappa shape index (κ2) is 8.11. The van der Waals surface area contributed by atoms with Crippen molar-refractivity contribution in [2.45, 2.75) is 58.5 Å². The fourth-order valence-corrected chi connectivity index (χ4v) is 3.68. The Bertz CT molecular complexity index is 508. The Hall–Kier alpha value is -1.14. The maximum atomic E-state index is 12.2. The lowest BCUT2D eigenvalue weighted by Crippen LogP contribution is -2.48. The van der Waals surface area contributed by atoms with Crippen LogP contribution in [-0.2, 0) is 16.6 Å². The average Bonchev–Trinajstić information content (AvgIpc) is 2.97. The normalized spacial score (nSPS) is 19.0. The van der Waals surface area contributed by atoms with Crippen molar-refractivity contribution in [1.82, 2.24) is 15.2 Å². The zero-order valence-corrected chi connectivity index (χ0v) is 15.5. The number of aromatic nitrogens is 1. The Kier molecular flexibility index (Phi) is 6.41. The third kappa shape index (κ3) is 5.46. The van der Waals surface area contributed by atoms with Crippen LogP contribution < -0.4 is 5.32 Å². The van der Waals surface area contributed by atoms with E-state index in [1.54, 1.807) is 11.3 Å². The predicted octanol–water partition coefficient (Wildman–Crippen LogP) is 3.19. The lowest BCUT2D eigenvalue weighted by atomic mass is 9.93. The molecule has 0 radical (unpaired) electrons. The van der Waals surface area contributed by atoms with Gasteiger partial charge in [-0.2, -0.15) is 0 Å². The van der Waals surface area contributed by atoms with Crippen molar-refractivity contribution in [3.8, 4) is 0 Å². The number of thiazole rings is 1. The summed E-state index contributed by atoms with van der Waals surface area (Å²) in [6, 6.07) is 0.0157. The highest BCUT2D eigenvalue weighted by Gasteiger charge is 2.23. The first-order valence-electron chi connectivity index (χ1n) is 8.49. The average molecular weight is 340 g/mol. The highest BCUT2D eigenvalue weighted by Crippen LogP contribution is 2.23. The van der Waals surface area contributed by atoms with Crippen LogP contribution in [0.15, 0.2) is 5.38 Å². The van der Waals surface area contributed by atoms with Crippen molar-refractivity contribution < 1.29 is 9.53 Å². The molecule has 1 aliphatic heterocycles. The summed E-state index contributed by atoms with van der Waals surface area (Å²) in [7, 11) is 0. The van der Waals surface area contributed by atoms with Crippen molar-refractivity contribution in [2.75, 3.05) is 26.2 Å². The largest absolute Gasteiger partial charge is 0.377 e. The lowest BCUT2D eigenvalue weighted by molar-refractivity contribution is 0.0165. The summed E-state index contributed by atoms with van der Waals surface area (Å²) in [6.45, 7) is 11.4. The third-order valence-corrected chi connectivity index (χ3v) is 4.91. The number of ether oxygens (including phenoxy) is 1. The van der Waals surface area contributed by atoms with Gasteiger partial charge in [0.25, 0.3) is 0 Å². The van der Waals surface area contributed by atoms with E-state index in [0.717, 1.165) is 36.5 Å². The van der Waals surface area contributed by atoms with Crippen LogP contribution in [0.25, 0.3) is 0 Å². The second-order valence-electron chi connectivity index (χ2n) is 7.02. The number of hydrogen-bond acceptors (Lipinski definition) is 4. The molecule has 0 aromatic carbocycles. The quantitative estimate of drug-likeness (QED) is 0.896. The van der Waals surface area contributed by atoms with Crippen LogP contribution in [0.1, 0.15) is 51.2 Å². The van der Waals surface area contributed by atoms with Crippen LogP contribution in [0.2, 0.25) is 0 Å². The van der Waals surface area contributed by atoms with E-state index in [-0.39, 0.29) is 17.6 Å². The van der Waals surface area contributed by atoms with Crippen LogP contribution >= 0.6 is 11.3 Å². The van der Waals surface area contributed by atoms with E-state index in [4.69, 9.17) is 4.74 Å². The number of nitrogens with one attached hydrogen (secondary N) is 1. The number of carbonyl (C=O) groups is 1. The number of amides is 2. The minimum atomic E-state index is 0.0157. The van der Waals surface area contributed by atoms with Gasteiger partial charge in [0.15, 0.2) is 0 Å². The molecule has 0 saturated carbocycles. The molecule has 2 rings (SSSR count). The van der Waals surface area contributed by atoms with Gasteiger partial charge in [-0.25, -0.2) is 9.78 Å². The molecule has 130 valence electrons. The molecule has 1 atom stereocenters. The van der Waals surface area contributed by atoms with E-state index in [0.29, 0.717) is 19.7 Å². The van der Waals surface area contributed by atoms with Gasteiger partial charge in [0, 0.05) is 43.5 Å². The Morgan fingerprint density at radius 3 is 2.96 bits per heavy atom. The summed E-state index contributed by atoms with van der Waals surface area (Å²) in [5.74, 6) is 0. The molecular weight excluding hydrogens is 310 g/mol. The Morgan fingerprint density at radius 1 is 1.52 bits per heavy atom. The molecule has 2 amide bonds. The SMILES string of the molecule is CCO[C@@H]1CCCN(C(=O)NCCc2nc(C(C)(C)C)cs2)C1. The molecule has 0 aliphatic carbocycles. The minimum absolute atomic E-state index is 0.0157. The molecule has 1 aliphatic rings. The van der Waals surface area contributed by atoms with Crippen molar-refractivity contribution in [2.24, 2.45) is 0 Å². The maximum absolute atomic E-state index is 12.2. The minimum Gasteiger partial charge on any atom is -0.377 e. The van der Waals surface area contributed by atoms with Gasteiger partial charge in [-0.15, -0.1) is 11.3 Å². The summed E-state index contributed by atoms with van der Waals surface area (Å²) >= 11 is 1.67. The molecular formula is C17H29N3O2S. The summed E-state index contributed by atoms with van der Waals surface area (Å²) in [5.41, 5.74) is 1.21. The molecule has 1 fully saturated rings. The number of likely N-dealkylation sites (tertiary alicyclic amines) is 1. The first-order chi connectivity index (χ1) is 10.9. The van der Waals surface area contributed by atoms with Gasteiger partial charge in [0.2, 0.25) is 0 Å². The Labute approximate surface area is 143 Å². The number of rotatable bonds is 5. The first-order valence-corrected chi connectivity index (χ1v) is 9.37. The second-order valence-corrected chi connectivity index (χ2v) is 7.97. The van der Waals surface area contributed by atoms with Crippen molar-refractivity contribution in [3.63, 3.8) is 0 Å². The molecule has 0 unspecified atom stereocenters.